The molecule has 0 amide bonds. The Morgan fingerprint density at radius 1 is 1.69 bits per heavy atom. The molecule has 2 unspecified atom stereocenters. The average molecular weight is 212 g/mol. The first-order valence-electron chi connectivity index (χ1n) is 4.10. The van der Waals surface area contributed by atoms with Gasteiger partial charge in [-0.3, -0.25) is 9.36 Å². The lowest BCUT2D eigenvalue weighted by atomic mass is 10.1. The van der Waals surface area contributed by atoms with Crippen LogP contribution in [0, 0.1) is 0 Å². The Morgan fingerprint density at radius 3 is 2.77 bits per heavy atom. The van der Waals surface area contributed by atoms with E-state index in [-0.39, 0.29) is 6.42 Å². The summed E-state index contributed by atoms with van der Waals surface area (Å²) in [5.74, 6) is -0.763. The van der Waals surface area contributed by atoms with Crippen LogP contribution < -0.4 is 0 Å². The Labute approximate surface area is 77.0 Å². The van der Waals surface area contributed by atoms with Gasteiger partial charge < -0.3 is 9.42 Å². The lowest BCUT2D eigenvalue weighted by Gasteiger charge is -2.05. The summed E-state index contributed by atoms with van der Waals surface area (Å²) >= 11 is 0. The highest BCUT2D eigenvalue weighted by Gasteiger charge is 2.16. The van der Waals surface area contributed by atoms with Crippen LogP contribution in [0.3, 0.4) is 0 Å². The predicted molar refractivity (Wildman–Crippen MR) is 46.6 cm³/mol. The van der Waals surface area contributed by atoms with Crippen molar-refractivity contribution in [2.45, 2.75) is 32.4 Å². The highest BCUT2D eigenvalue weighted by molar-refractivity contribution is 7.32. The van der Waals surface area contributed by atoms with Crippen LogP contribution in [0.4, 0.5) is 4.39 Å². The summed E-state index contributed by atoms with van der Waals surface area (Å²) in [6.07, 6.45) is 0.0264. The van der Waals surface area contributed by atoms with Crippen LogP contribution in [0.25, 0.3) is 0 Å². The molecule has 0 fully saturated rings. The summed E-state index contributed by atoms with van der Waals surface area (Å²) in [4.78, 5) is 19.0. The molecule has 0 radical (unpaired) electrons. The zero-order valence-corrected chi connectivity index (χ0v) is 8.46. The van der Waals surface area contributed by atoms with Gasteiger partial charge in [0.25, 0.3) is 0 Å². The SMILES string of the molecule is CCCCC(F)C(=O)CO[PH](=O)O. The van der Waals surface area contributed by atoms with Crippen molar-refractivity contribution in [2.75, 3.05) is 6.61 Å². The van der Waals surface area contributed by atoms with Gasteiger partial charge >= 0.3 is 8.25 Å². The van der Waals surface area contributed by atoms with Crippen LogP contribution in [0.1, 0.15) is 26.2 Å². The highest BCUT2D eigenvalue weighted by atomic mass is 31.1. The van der Waals surface area contributed by atoms with Gasteiger partial charge in [0.05, 0.1) is 0 Å². The number of ketones is 1. The van der Waals surface area contributed by atoms with Crippen LogP contribution in [-0.2, 0) is 13.9 Å². The molecule has 0 saturated heterocycles. The van der Waals surface area contributed by atoms with Crippen LogP contribution in [0.15, 0.2) is 0 Å². The topological polar surface area (TPSA) is 63.6 Å². The number of carbonyl (C=O) groups is 1. The minimum absolute atomic E-state index is 0.158. The molecular weight excluding hydrogens is 198 g/mol. The van der Waals surface area contributed by atoms with Crippen molar-refractivity contribution in [3.05, 3.63) is 0 Å². The fraction of sp³-hybridized carbons (Fsp3) is 0.857. The first-order chi connectivity index (χ1) is 6.07. The van der Waals surface area contributed by atoms with Crippen LogP contribution in [-0.4, -0.2) is 23.5 Å². The van der Waals surface area contributed by atoms with Crippen molar-refractivity contribution in [1.82, 2.24) is 0 Å². The molecule has 0 aliphatic carbocycles. The fourth-order valence-electron chi connectivity index (χ4n) is 0.768. The first kappa shape index (κ1) is 12.8. The maximum Gasteiger partial charge on any atom is 0.317 e. The van der Waals surface area contributed by atoms with Gasteiger partial charge in [-0.15, -0.1) is 0 Å². The van der Waals surface area contributed by atoms with E-state index in [2.05, 4.69) is 4.52 Å². The van der Waals surface area contributed by atoms with E-state index in [4.69, 9.17) is 4.89 Å². The van der Waals surface area contributed by atoms with Crippen LogP contribution in [0.2, 0.25) is 0 Å². The summed E-state index contributed by atoms with van der Waals surface area (Å²) < 4.78 is 27.0. The lowest BCUT2D eigenvalue weighted by Crippen LogP contribution is -2.19. The molecule has 0 rings (SSSR count). The molecule has 0 saturated carbocycles. The second kappa shape index (κ2) is 7.18. The molecule has 13 heavy (non-hydrogen) atoms. The average Bonchev–Trinajstić information content (AvgIpc) is 2.10. The molecule has 2 atom stereocenters. The molecule has 0 aliphatic heterocycles. The van der Waals surface area contributed by atoms with Crippen molar-refractivity contribution >= 4 is 14.0 Å². The smallest absolute Gasteiger partial charge is 0.317 e. The minimum atomic E-state index is -3.12. The van der Waals surface area contributed by atoms with E-state index in [1.54, 1.807) is 0 Å². The second-order valence-electron chi connectivity index (χ2n) is 2.63. The first-order valence-corrected chi connectivity index (χ1v) is 5.36. The van der Waals surface area contributed by atoms with Gasteiger partial charge in [0, 0.05) is 0 Å². The summed E-state index contributed by atoms with van der Waals surface area (Å²) in [6.45, 7) is 1.28. The molecule has 0 heterocycles. The normalized spacial score (nSPS) is 15.3. The van der Waals surface area contributed by atoms with Gasteiger partial charge in [0.15, 0.2) is 12.0 Å². The van der Waals surface area contributed by atoms with Crippen molar-refractivity contribution in [3.63, 3.8) is 0 Å². The van der Waals surface area contributed by atoms with Gasteiger partial charge in [0.1, 0.15) is 6.61 Å². The largest absolute Gasteiger partial charge is 0.326 e. The van der Waals surface area contributed by atoms with Gasteiger partial charge in [-0.25, -0.2) is 4.39 Å². The second-order valence-corrected chi connectivity index (χ2v) is 3.45. The Kier molecular flexibility index (Phi) is 7.04. The Bertz CT molecular complexity index is 185. The monoisotopic (exact) mass is 212 g/mol. The molecule has 0 spiro atoms. The zero-order chi connectivity index (χ0) is 10.3. The van der Waals surface area contributed by atoms with E-state index in [0.29, 0.717) is 6.42 Å². The summed E-state index contributed by atoms with van der Waals surface area (Å²) in [7, 11) is -3.12. The van der Waals surface area contributed by atoms with Crippen molar-refractivity contribution in [3.8, 4) is 0 Å². The van der Waals surface area contributed by atoms with Crippen LogP contribution in [0.5, 0.6) is 0 Å². The third-order valence-corrected chi connectivity index (χ3v) is 1.89. The Hall–Kier alpha value is -0.250. The summed E-state index contributed by atoms with van der Waals surface area (Å²) in [6, 6.07) is 0. The Balaban J connectivity index is 3.63. The Morgan fingerprint density at radius 2 is 2.31 bits per heavy atom. The maximum absolute atomic E-state index is 12.8. The zero-order valence-electron chi connectivity index (χ0n) is 7.46. The number of Topliss-reactive ketones (excluding diaryl/α,β-unsaturated/α-hetero) is 1. The van der Waals surface area contributed by atoms with E-state index in [9.17, 15) is 13.8 Å². The van der Waals surface area contributed by atoms with Crippen molar-refractivity contribution in [2.24, 2.45) is 0 Å². The number of unbranched alkanes of at least 4 members (excludes halogenated alkanes) is 1. The third-order valence-electron chi connectivity index (χ3n) is 1.50. The number of halogens is 1. The molecule has 0 aromatic rings. The molecule has 0 bridgehead atoms. The molecule has 1 N–H and O–H groups in total. The molecule has 6 heteroatoms. The number of hydrogen-bond acceptors (Lipinski definition) is 3. The molecule has 4 nitrogen and oxygen atoms in total. The molecule has 0 aromatic carbocycles. The van der Waals surface area contributed by atoms with Gasteiger partial charge in [-0.2, -0.15) is 0 Å². The molecular formula is C7H14FO4P. The summed E-state index contributed by atoms with van der Waals surface area (Å²) in [5, 5.41) is 0. The fourth-order valence-corrected chi connectivity index (χ4v) is 1.03. The third kappa shape index (κ3) is 6.87. The highest BCUT2D eigenvalue weighted by Crippen LogP contribution is 2.15. The number of hydrogen-bond donors (Lipinski definition) is 1. The number of alkyl halides is 1. The minimum Gasteiger partial charge on any atom is -0.326 e. The summed E-state index contributed by atoms with van der Waals surface area (Å²) in [5.41, 5.74) is 0. The number of rotatable bonds is 7. The van der Waals surface area contributed by atoms with Crippen molar-refractivity contribution < 1.29 is 23.2 Å². The van der Waals surface area contributed by atoms with Gasteiger partial charge in [0.2, 0.25) is 0 Å². The van der Waals surface area contributed by atoms with Crippen molar-refractivity contribution in [1.29, 1.82) is 0 Å². The quantitative estimate of drug-likeness (QED) is 0.649. The van der Waals surface area contributed by atoms with E-state index >= 15 is 0 Å². The predicted octanol–water partition coefficient (Wildman–Crippen LogP) is 1.48. The molecule has 0 aliphatic rings. The standard InChI is InChI=1S/C7H14FO4P/c1-2-3-4-6(8)7(9)5-12-13(10)11/h6,13H,2-5H2,1H3,(H,10,11). The van der Waals surface area contributed by atoms with E-state index in [0.717, 1.165) is 6.42 Å². The lowest BCUT2D eigenvalue weighted by molar-refractivity contribution is -0.126. The number of carbonyl (C=O) groups excluding carboxylic acids is 1. The molecule has 78 valence electrons. The van der Waals surface area contributed by atoms with Crippen LogP contribution >= 0.6 is 8.25 Å². The van der Waals surface area contributed by atoms with Gasteiger partial charge in [-0.05, 0) is 6.42 Å². The van der Waals surface area contributed by atoms with E-state index < -0.39 is 26.8 Å². The molecule has 0 aromatic heterocycles. The van der Waals surface area contributed by atoms with E-state index in [1.807, 2.05) is 6.92 Å². The van der Waals surface area contributed by atoms with Gasteiger partial charge in [-0.1, -0.05) is 19.8 Å². The maximum atomic E-state index is 12.8. The van der Waals surface area contributed by atoms with E-state index in [1.165, 1.54) is 0 Å².